The molecule has 1 aliphatic rings. The summed E-state index contributed by atoms with van der Waals surface area (Å²) in [5.74, 6) is 0.597. The van der Waals surface area contributed by atoms with Crippen LogP contribution in [0.2, 0.25) is 4.34 Å². The molecule has 0 radical (unpaired) electrons. The number of nitrogens with zero attached hydrogens (tertiary/aromatic N) is 2. The largest absolute Gasteiger partial charge is 0.272 e. The lowest BCUT2D eigenvalue weighted by Gasteiger charge is -2.18. The van der Waals surface area contributed by atoms with Crippen molar-refractivity contribution in [3.05, 3.63) is 38.8 Å². The van der Waals surface area contributed by atoms with Gasteiger partial charge in [0.05, 0.1) is 10.0 Å². The Morgan fingerprint density at radius 3 is 2.58 bits per heavy atom. The lowest BCUT2D eigenvalue weighted by atomic mass is 9.95. The summed E-state index contributed by atoms with van der Waals surface area (Å²) in [5, 5.41) is 4.72. The molecule has 0 N–H and O–H groups in total. The van der Waals surface area contributed by atoms with Crippen molar-refractivity contribution in [2.45, 2.75) is 65.2 Å². The van der Waals surface area contributed by atoms with Crippen molar-refractivity contribution in [1.29, 1.82) is 0 Å². The summed E-state index contributed by atoms with van der Waals surface area (Å²) in [6.45, 7) is 5.86. The quantitative estimate of drug-likeness (QED) is 0.694. The predicted molar refractivity (Wildman–Crippen MR) is 100 cm³/mol. The molecule has 3 nitrogen and oxygen atoms in total. The third kappa shape index (κ3) is 3.92. The fraction of sp³-hybridized carbons (Fsp3) is 0.579. The second-order valence-electron chi connectivity index (χ2n) is 7.71. The fourth-order valence-electron chi connectivity index (χ4n) is 3.27. The molecule has 0 atom stereocenters. The van der Waals surface area contributed by atoms with Crippen LogP contribution in [0.15, 0.2) is 18.2 Å². The number of aromatic nitrogens is 2. The summed E-state index contributed by atoms with van der Waals surface area (Å²) in [4.78, 5) is 14.1. The highest BCUT2D eigenvalue weighted by molar-refractivity contribution is 7.16. The van der Waals surface area contributed by atoms with Crippen LogP contribution in [0.4, 0.5) is 0 Å². The van der Waals surface area contributed by atoms with Crippen molar-refractivity contribution < 1.29 is 4.79 Å². The summed E-state index contributed by atoms with van der Waals surface area (Å²) < 4.78 is 2.49. The van der Waals surface area contributed by atoms with Crippen molar-refractivity contribution >= 4 is 28.8 Å². The molecule has 0 aromatic carbocycles. The molecule has 5 heteroatoms. The minimum Gasteiger partial charge on any atom is -0.272 e. The van der Waals surface area contributed by atoms with Gasteiger partial charge in [-0.05, 0) is 43.9 Å². The molecule has 2 heterocycles. The lowest BCUT2D eigenvalue weighted by Crippen LogP contribution is -2.29. The van der Waals surface area contributed by atoms with Crippen LogP contribution in [-0.2, 0) is 12.8 Å². The van der Waals surface area contributed by atoms with E-state index in [0.29, 0.717) is 5.92 Å². The van der Waals surface area contributed by atoms with E-state index in [0.717, 1.165) is 28.6 Å². The molecule has 0 unspecified atom stereocenters. The van der Waals surface area contributed by atoms with E-state index in [4.69, 9.17) is 16.7 Å². The van der Waals surface area contributed by atoms with Gasteiger partial charge in [0, 0.05) is 21.9 Å². The maximum Gasteiger partial charge on any atom is 0.252 e. The van der Waals surface area contributed by atoms with Crippen LogP contribution >= 0.6 is 22.9 Å². The summed E-state index contributed by atoms with van der Waals surface area (Å²) in [6.07, 6.45) is 6.64. The number of carbonyl (C=O) groups excluding carboxylic acids is 1. The number of halogens is 1. The number of thiophene rings is 1. The van der Waals surface area contributed by atoms with Crippen molar-refractivity contribution in [2.24, 2.45) is 5.41 Å². The zero-order valence-electron chi connectivity index (χ0n) is 14.6. The van der Waals surface area contributed by atoms with Crippen molar-refractivity contribution in [3.8, 4) is 0 Å². The van der Waals surface area contributed by atoms with Crippen LogP contribution < -0.4 is 0 Å². The molecule has 1 fully saturated rings. The first-order chi connectivity index (χ1) is 11.3. The molecule has 0 amide bonds. The molecule has 1 aliphatic carbocycles. The molecule has 3 rings (SSSR count). The van der Waals surface area contributed by atoms with Gasteiger partial charge in [0.2, 0.25) is 0 Å². The first kappa shape index (κ1) is 17.7. The highest BCUT2D eigenvalue weighted by Crippen LogP contribution is 2.34. The topological polar surface area (TPSA) is 34.9 Å². The van der Waals surface area contributed by atoms with E-state index < -0.39 is 5.41 Å². The van der Waals surface area contributed by atoms with Crippen molar-refractivity contribution in [2.75, 3.05) is 0 Å². The van der Waals surface area contributed by atoms with E-state index in [1.807, 2.05) is 26.8 Å². The van der Waals surface area contributed by atoms with Gasteiger partial charge in [-0.15, -0.1) is 11.3 Å². The van der Waals surface area contributed by atoms with Gasteiger partial charge in [-0.2, -0.15) is 5.10 Å². The number of carbonyl (C=O) groups is 1. The van der Waals surface area contributed by atoms with E-state index in [-0.39, 0.29) is 5.91 Å². The lowest BCUT2D eigenvalue weighted by molar-refractivity contribution is 0.0744. The maximum absolute atomic E-state index is 12.8. The first-order valence-corrected chi connectivity index (χ1v) is 9.92. The molecule has 0 saturated heterocycles. The average molecular weight is 365 g/mol. The van der Waals surface area contributed by atoms with Crippen LogP contribution in [-0.4, -0.2) is 15.7 Å². The molecule has 130 valence electrons. The highest BCUT2D eigenvalue weighted by atomic mass is 35.5. The second-order valence-corrected chi connectivity index (χ2v) is 9.51. The standard InChI is InChI=1S/C19H25ClN2OS/c1-19(2,3)18(23)22-14(8-9-15-10-11-17(20)24-15)12-16(21-22)13-6-4-5-7-13/h10-13H,4-9H2,1-3H3. The molecule has 2 aromatic heterocycles. The van der Waals surface area contributed by atoms with Crippen LogP contribution in [0.25, 0.3) is 0 Å². The fourth-order valence-corrected chi connectivity index (χ4v) is 4.36. The van der Waals surface area contributed by atoms with Gasteiger partial charge in [-0.25, -0.2) is 4.68 Å². The van der Waals surface area contributed by atoms with E-state index in [1.54, 1.807) is 16.0 Å². The van der Waals surface area contributed by atoms with Gasteiger partial charge in [-0.1, -0.05) is 45.2 Å². The Kier molecular flexibility index (Phi) is 5.16. The minimum absolute atomic E-state index is 0.0750. The van der Waals surface area contributed by atoms with E-state index in [9.17, 15) is 4.79 Å². The Labute approximate surface area is 153 Å². The van der Waals surface area contributed by atoms with Gasteiger partial charge in [0.1, 0.15) is 0 Å². The summed E-state index contributed by atoms with van der Waals surface area (Å²) in [6, 6.07) is 6.16. The normalized spacial score (nSPS) is 16.0. The monoisotopic (exact) mass is 364 g/mol. The van der Waals surface area contributed by atoms with Gasteiger partial charge in [-0.3, -0.25) is 4.79 Å². The predicted octanol–water partition coefficient (Wildman–Crippen LogP) is 5.73. The second kappa shape index (κ2) is 7.01. The Hall–Kier alpha value is -1.13. The van der Waals surface area contributed by atoms with Crippen LogP contribution in [0, 0.1) is 5.41 Å². The van der Waals surface area contributed by atoms with Crippen LogP contribution in [0.1, 0.15) is 73.4 Å². The Balaban J connectivity index is 1.85. The van der Waals surface area contributed by atoms with Gasteiger partial charge < -0.3 is 0 Å². The maximum atomic E-state index is 12.8. The number of rotatable bonds is 4. The first-order valence-electron chi connectivity index (χ1n) is 8.72. The molecule has 2 aromatic rings. The third-order valence-electron chi connectivity index (χ3n) is 4.67. The molecule has 0 bridgehead atoms. The SMILES string of the molecule is CC(C)(C)C(=O)n1nc(C2CCCC2)cc1CCc1ccc(Cl)s1. The molecular weight excluding hydrogens is 340 g/mol. The molecule has 0 aliphatic heterocycles. The Morgan fingerprint density at radius 1 is 1.29 bits per heavy atom. The number of hydrogen-bond donors (Lipinski definition) is 0. The Morgan fingerprint density at radius 2 is 2.00 bits per heavy atom. The minimum atomic E-state index is -0.431. The van der Waals surface area contributed by atoms with E-state index >= 15 is 0 Å². The summed E-state index contributed by atoms with van der Waals surface area (Å²) in [5.41, 5.74) is 1.70. The van der Waals surface area contributed by atoms with E-state index in [2.05, 4.69) is 12.1 Å². The molecule has 1 saturated carbocycles. The zero-order chi connectivity index (χ0) is 17.3. The smallest absolute Gasteiger partial charge is 0.252 e. The third-order valence-corrected chi connectivity index (χ3v) is 5.96. The molecular formula is C19H25ClN2OS. The summed E-state index contributed by atoms with van der Waals surface area (Å²) in [7, 11) is 0. The van der Waals surface area contributed by atoms with Crippen molar-refractivity contribution in [1.82, 2.24) is 9.78 Å². The Bertz CT molecular complexity index is 720. The van der Waals surface area contributed by atoms with Gasteiger partial charge in [0.25, 0.3) is 5.91 Å². The van der Waals surface area contributed by atoms with Gasteiger partial charge >= 0.3 is 0 Å². The van der Waals surface area contributed by atoms with Crippen LogP contribution in [0.5, 0.6) is 0 Å². The van der Waals surface area contributed by atoms with Crippen molar-refractivity contribution in [3.63, 3.8) is 0 Å². The summed E-state index contributed by atoms with van der Waals surface area (Å²) >= 11 is 7.63. The molecule has 24 heavy (non-hydrogen) atoms. The number of hydrogen-bond acceptors (Lipinski definition) is 3. The van der Waals surface area contributed by atoms with E-state index in [1.165, 1.54) is 30.6 Å². The zero-order valence-corrected chi connectivity index (χ0v) is 16.2. The highest BCUT2D eigenvalue weighted by Gasteiger charge is 2.28. The molecule has 0 spiro atoms. The number of aryl methyl sites for hydroxylation is 2. The van der Waals surface area contributed by atoms with Gasteiger partial charge in [0.15, 0.2) is 0 Å². The van der Waals surface area contributed by atoms with Crippen LogP contribution in [0.3, 0.4) is 0 Å². The average Bonchev–Trinajstić information content (AvgIpc) is 3.23.